The van der Waals surface area contributed by atoms with Gasteiger partial charge >= 0.3 is 0 Å². The summed E-state index contributed by atoms with van der Waals surface area (Å²) in [7, 11) is 0. The Kier molecular flexibility index (Phi) is 3.66. The van der Waals surface area contributed by atoms with Crippen molar-refractivity contribution >= 4 is 40.5 Å². The molecule has 0 radical (unpaired) electrons. The van der Waals surface area contributed by atoms with Gasteiger partial charge in [-0.2, -0.15) is 0 Å². The van der Waals surface area contributed by atoms with Gasteiger partial charge in [0.1, 0.15) is 0 Å². The van der Waals surface area contributed by atoms with Crippen molar-refractivity contribution in [1.82, 2.24) is 0 Å². The molecule has 2 aromatic carbocycles. The van der Waals surface area contributed by atoms with Crippen LogP contribution in [-0.2, 0) is 4.79 Å². The van der Waals surface area contributed by atoms with Crippen molar-refractivity contribution in [2.24, 2.45) is 0 Å². The molecule has 2 aromatic rings. The van der Waals surface area contributed by atoms with Crippen molar-refractivity contribution in [2.45, 2.75) is 5.92 Å². The molecule has 1 aliphatic heterocycles. The number of carbonyl (C=O) groups is 1. The summed E-state index contributed by atoms with van der Waals surface area (Å²) in [6, 6.07) is 10.6. The molecule has 1 atom stereocenters. The predicted molar refractivity (Wildman–Crippen MR) is 84.4 cm³/mol. The fraction of sp³-hybridized carbons (Fsp3) is 0.133. The second-order valence-electron chi connectivity index (χ2n) is 4.80. The van der Waals surface area contributed by atoms with Gasteiger partial charge in [0.05, 0.1) is 16.0 Å². The van der Waals surface area contributed by atoms with Gasteiger partial charge in [-0.15, -0.1) is 0 Å². The molecule has 1 amide bonds. The number of rotatable bonds is 2. The highest BCUT2D eigenvalue weighted by Gasteiger charge is 2.28. The Morgan fingerprint density at radius 3 is 2.62 bits per heavy atom. The second kappa shape index (κ2) is 5.47. The molecule has 0 aromatic heterocycles. The summed E-state index contributed by atoms with van der Waals surface area (Å²) in [5.41, 5.74) is 2.39. The van der Waals surface area contributed by atoms with Crippen molar-refractivity contribution in [2.75, 3.05) is 17.2 Å². The number of anilines is 2. The minimum absolute atomic E-state index is 0.0998. The van der Waals surface area contributed by atoms with E-state index in [4.69, 9.17) is 23.2 Å². The van der Waals surface area contributed by atoms with Crippen LogP contribution in [0.25, 0.3) is 0 Å². The van der Waals surface area contributed by atoms with Crippen LogP contribution < -0.4 is 10.6 Å². The molecule has 1 heterocycles. The standard InChI is InChI=1S/C15H12Cl2N2O2/c16-11-5-8(6-12(17)14(11)20)19-15(21)10-7-18-13-4-2-1-3-9(10)13/h1-6,10,18,20H,7H2,(H,19,21). The van der Waals surface area contributed by atoms with E-state index in [0.717, 1.165) is 11.3 Å². The van der Waals surface area contributed by atoms with Gasteiger partial charge < -0.3 is 15.7 Å². The quantitative estimate of drug-likeness (QED) is 0.736. The lowest BCUT2D eigenvalue weighted by molar-refractivity contribution is -0.117. The van der Waals surface area contributed by atoms with Crippen LogP contribution in [0.5, 0.6) is 5.75 Å². The molecular formula is C15H12Cl2N2O2. The maximum Gasteiger partial charge on any atom is 0.233 e. The van der Waals surface area contributed by atoms with Crippen molar-refractivity contribution in [3.8, 4) is 5.75 Å². The normalized spacial score (nSPS) is 16.2. The number of hydrogen-bond donors (Lipinski definition) is 3. The molecule has 21 heavy (non-hydrogen) atoms. The average Bonchev–Trinajstić information content (AvgIpc) is 2.88. The van der Waals surface area contributed by atoms with Crippen LogP contribution in [-0.4, -0.2) is 17.6 Å². The molecule has 6 heteroatoms. The van der Waals surface area contributed by atoms with Crippen LogP contribution in [0.1, 0.15) is 11.5 Å². The SMILES string of the molecule is O=C(Nc1cc(Cl)c(O)c(Cl)c1)C1CNc2ccccc21. The van der Waals surface area contributed by atoms with Gasteiger partial charge in [0.15, 0.2) is 5.75 Å². The van der Waals surface area contributed by atoms with Gasteiger partial charge in [-0.05, 0) is 23.8 Å². The summed E-state index contributed by atoms with van der Waals surface area (Å²) in [6.45, 7) is 0.546. The number of amides is 1. The average molecular weight is 323 g/mol. The van der Waals surface area contributed by atoms with E-state index in [-0.39, 0.29) is 27.6 Å². The molecule has 0 fully saturated rings. The van der Waals surface area contributed by atoms with E-state index < -0.39 is 0 Å². The van der Waals surface area contributed by atoms with Gasteiger partial charge in [-0.3, -0.25) is 4.79 Å². The number of phenols is 1. The van der Waals surface area contributed by atoms with Crippen LogP contribution in [0.4, 0.5) is 11.4 Å². The van der Waals surface area contributed by atoms with E-state index in [1.807, 2.05) is 24.3 Å². The third-order valence-electron chi connectivity index (χ3n) is 3.43. The summed E-state index contributed by atoms with van der Waals surface area (Å²) in [5, 5.41) is 15.7. The van der Waals surface area contributed by atoms with E-state index in [1.54, 1.807) is 0 Å². The van der Waals surface area contributed by atoms with Crippen LogP contribution in [0.2, 0.25) is 10.0 Å². The summed E-state index contributed by atoms with van der Waals surface area (Å²) >= 11 is 11.7. The zero-order valence-electron chi connectivity index (χ0n) is 10.9. The Morgan fingerprint density at radius 1 is 1.24 bits per heavy atom. The van der Waals surface area contributed by atoms with E-state index in [9.17, 15) is 9.90 Å². The Bertz CT molecular complexity index is 696. The van der Waals surface area contributed by atoms with Gasteiger partial charge in [-0.25, -0.2) is 0 Å². The third kappa shape index (κ3) is 2.64. The lowest BCUT2D eigenvalue weighted by Gasteiger charge is -2.12. The smallest absolute Gasteiger partial charge is 0.233 e. The highest BCUT2D eigenvalue weighted by Crippen LogP contribution is 2.36. The first-order chi connectivity index (χ1) is 10.1. The zero-order valence-corrected chi connectivity index (χ0v) is 12.4. The molecule has 0 spiro atoms. The van der Waals surface area contributed by atoms with E-state index in [1.165, 1.54) is 12.1 Å². The molecule has 1 aliphatic rings. The highest BCUT2D eigenvalue weighted by atomic mass is 35.5. The molecule has 3 rings (SSSR count). The number of benzene rings is 2. The maximum atomic E-state index is 12.4. The second-order valence-corrected chi connectivity index (χ2v) is 5.61. The van der Waals surface area contributed by atoms with Crippen LogP contribution in [0.15, 0.2) is 36.4 Å². The molecule has 0 aliphatic carbocycles. The zero-order chi connectivity index (χ0) is 15.0. The van der Waals surface area contributed by atoms with Crippen molar-refractivity contribution < 1.29 is 9.90 Å². The molecule has 1 unspecified atom stereocenters. The van der Waals surface area contributed by atoms with Crippen LogP contribution >= 0.6 is 23.2 Å². The number of hydrogen-bond acceptors (Lipinski definition) is 3. The molecule has 108 valence electrons. The fourth-order valence-electron chi connectivity index (χ4n) is 2.38. The Morgan fingerprint density at radius 2 is 1.90 bits per heavy atom. The van der Waals surface area contributed by atoms with Crippen molar-refractivity contribution in [3.63, 3.8) is 0 Å². The van der Waals surface area contributed by atoms with Gasteiger partial charge in [0, 0.05) is 17.9 Å². The fourth-order valence-corrected chi connectivity index (χ4v) is 2.87. The first kappa shape index (κ1) is 14.0. The summed E-state index contributed by atoms with van der Waals surface area (Å²) in [4.78, 5) is 12.4. The molecule has 0 saturated heterocycles. The molecular weight excluding hydrogens is 311 g/mol. The number of fused-ring (bicyclic) bond motifs is 1. The molecule has 4 nitrogen and oxygen atoms in total. The van der Waals surface area contributed by atoms with Gasteiger partial charge in [0.2, 0.25) is 5.91 Å². The lowest BCUT2D eigenvalue weighted by Crippen LogP contribution is -2.22. The lowest BCUT2D eigenvalue weighted by atomic mass is 10.0. The first-order valence-electron chi connectivity index (χ1n) is 6.38. The largest absolute Gasteiger partial charge is 0.505 e. The Hall–Kier alpha value is -1.91. The highest BCUT2D eigenvalue weighted by molar-refractivity contribution is 6.37. The minimum atomic E-state index is -0.271. The van der Waals surface area contributed by atoms with E-state index >= 15 is 0 Å². The topological polar surface area (TPSA) is 61.4 Å². The molecule has 3 N–H and O–H groups in total. The van der Waals surface area contributed by atoms with Crippen molar-refractivity contribution in [3.05, 3.63) is 52.0 Å². The summed E-state index contributed by atoms with van der Waals surface area (Å²) < 4.78 is 0. The summed E-state index contributed by atoms with van der Waals surface area (Å²) in [6.07, 6.45) is 0. The van der Waals surface area contributed by atoms with Crippen LogP contribution in [0.3, 0.4) is 0 Å². The van der Waals surface area contributed by atoms with Gasteiger partial charge in [-0.1, -0.05) is 41.4 Å². The first-order valence-corrected chi connectivity index (χ1v) is 7.13. The molecule has 0 bridgehead atoms. The number of phenolic OH excluding ortho intramolecular Hbond substituents is 1. The Balaban J connectivity index is 1.82. The number of halogens is 2. The number of para-hydroxylation sites is 1. The third-order valence-corrected chi connectivity index (χ3v) is 4.01. The minimum Gasteiger partial charge on any atom is -0.505 e. The monoisotopic (exact) mass is 322 g/mol. The molecule has 0 saturated carbocycles. The Labute approximate surface area is 131 Å². The van der Waals surface area contributed by atoms with Gasteiger partial charge in [0.25, 0.3) is 0 Å². The number of aromatic hydroxyl groups is 1. The maximum absolute atomic E-state index is 12.4. The van der Waals surface area contributed by atoms with Crippen LogP contribution in [0, 0.1) is 0 Å². The van der Waals surface area contributed by atoms with E-state index in [2.05, 4.69) is 10.6 Å². The summed E-state index contributed by atoms with van der Waals surface area (Å²) in [5.74, 6) is -0.609. The van der Waals surface area contributed by atoms with Crippen molar-refractivity contribution in [1.29, 1.82) is 0 Å². The number of nitrogens with one attached hydrogen (secondary N) is 2. The number of carbonyl (C=O) groups excluding carboxylic acids is 1. The van der Waals surface area contributed by atoms with E-state index in [0.29, 0.717) is 12.2 Å². The predicted octanol–water partition coefficient (Wildman–Crippen LogP) is 3.85.